The maximum absolute atomic E-state index is 12.9. The van der Waals surface area contributed by atoms with Crippen LogP contribution in [0.3, 0.4) is 0 Å². The monoisotopic (exact) mass is 441 g/mol. The van der Waals surface area contributed by atoms with Crippen LogP contribution >= 0.6 is 11.6 Å². The van der Waals surface area contributed by atoms with Crippen LogP contribution < -0.4 is 20.1 Å². The Morgan fingerprint density at radius 3 is 2.55 bits per heavy atom. The average Bonchev–Trinajstić information content (AvgIpc) is 3.04. The lowest BCUT2D eigenvalue weighted by Crippen LogP contribution is -2.35. The molecule has 2 heterocycles. The van der Waals surface area contributed by atoms with Gasteiger partial charge < -0.3 is 25.0 Å². The number of fused-ring (bicyclic) bond motifs is 1. The Morgan fingerprint density at radius 1 is 1.03 bits per heavy atom. The zero-order valence-corrected chi connectivity index (χ0v) is 18.2. The topological polar surface area (TPSA) is 93.8 Å². The van der Waals surface area contributed by atoms with E-state index in [2.05, 4.69) is 9.88 Å². The van der Waals surface area contributed by atoms with Crippen molar-refractivity contribution in [2.75, 3.05) is 51.0 Å². The van der Waals surface area contributed by atoms with Crippen molar-refractivity contribution in [2.24, 2.45) is 0 Å². The van der Waals surface area contributed by atoms with Crippen molar-refractivity contribution in [1.82, 2.24) is 14.9 Å². The number of hydrogen-bond acceptors (Lipinski definition) is 7. The summed E-state index contributed by atoms with van der Waals surface area (Å²) in [6.07, 6.45) is 0.791. The Balaban J connectivity index is 1.57. The van der Waals surface area contributed by atoms with Gasteiger partial charge in [-0.05, 0) is 30.7 Å². The third kappa shape index (κ3) is 4.29. The predicted octanol–water partition coefficient (Wildman–Crippen LogP) is 3.24. The lowest BCUT2D eigenvalue weighted by Gasteiger charge is -2.23. The molecule has 31 heavy (non-hydrogen) atoms. The minimum Gasteiger partial charge on any atom is -0.493 e. The van der Waals surface area contributed by atoms with Gasteiger partial charge in [0.15, 0.2) is 11.5 Å². The number of benzene rings is 2. The first-order valence-corrected chi connectivity index (χ1v) is 10.4. The van der Waals surface area contributed by atoms with Gasteiger partial charge in [0, 0.05) is 48.2 Å². The Labute approximate surface area is 185 Å². The molecule has 0 unspecified atom stereocenters. The van der Waals surface area contributed by atoms with Gasteiger partial charge in [-0.1, -0.05) is 17.7 Å². The zero-order chi connectivity index (χ0) is 22.0. The molecule has 0 atom stereocenters. The number of anilines is 2. The summed E-state index contributed by atoms with van der Waals surface area (Å²) >= 11 is 6.04. The first-order chi connectivity index (χ1) is 15.0. The van der Waals surface area contributed by atoms with E-state index in [0.29, 0.717) is 64.4 Å². The number of rotatable bonds is 4. The Bertz CT molecular complexity index is 1120. The highest BCUT2D eigenvalue weighted by atomic mass is 35.5. The Morgan fingerprint density at radius 2 is 1.81 bits per heavy atom. The van der Waals surface area contributed by atoms with E-state index in [1.165, 1.54) is 0 Å². The van der Waals surface area contributed by atoms with E-state index >= 15 is 0 Å². The zero-order valence-electron chi connectivity index (χ0n) is 17.5. The molecular formula is C22H24ClN5O3. The van der Waals surface area contributed by atoms with Gasteiger partial charge in [0.1, 0.15) is 5.82 Å². The van der Waals surface area contributed by atoms with Gasteiger partial charge in [-0.3, -0.25) is 4.79 Å². The SMILES string of the molecule is COc1cc2nc(N3CCCN(C(=O)c4cccc(Cl)c4)CC3)nc(N)c2cc1OC. The van der Waals surface area contributed by atoms with Crippen molar-refractivity contribution in [3.63, 3.8) is 0 Å². The van der Waals surface area contributed by atoms with Gasteiger partial charge in [0.05, 0.1) is 19.7 Å². The van der Waals surface area contributed by atoms with Crippen LogP contribution in [0.4, 0.5) is 11.8 Å². The van der Waals surface area contributed by atoms with Crippen LogP contribution in [0, 0.1) is 0 Å². The van der Waals surface area contributed by atoms with Crippen LogP contribution in [0.1, 0.15) is 16.8 Å². The first-order valence-electron chi connectivity index (χ1n) is 9.99. The second-order valence-electron chi connectivity index (χ2n) is 7.28. The van der Waals surface area contributed by atoms with Gasteiger partial charge in [0.2, 0.25) is 5.95 Å². The Hall–Kier alpha value is -3.26. The molecule has 0 spiro atoms. The van der Waals surface area contributed by atoms with Crippen LogP contribution in [-0.2, 0) is 0 Å². The van der Waals surface area contributed by atoms with E-state index in [-0.39, 0.29) is 5.91 Å². The van der Waals surface area contributed by atoms with Crippen molar-refractivity contribution in [1.29, 1.82) is 0 Å². The second kappa shape index (κ2) is 8.85. The molecule has 0 saturated carbocycles. The number of ether oxygens (including phenoxy) is 2. The summed E-state index contributed by atoms with van der Waals surface area (Å²) in [5.41, 5.74) is 7.50. The lowest BCUT2D eigenvalue weighted by molar-refractivity contribution is 0.0767. The summed E-state index contributed by atoms with van der Waals surface area (Å²) in [4.78, 5) is 26.0. The van der Waals surface area contributed by atoms with E-state index in [4.69, 9.17) is 31.8 Å². The largest absolute Gasteiger partial charge is 0.493 e. The maximum atomic E-state index is 12.9. The van der Waals surface area contributed by atoms with E-state index in [0.717, 1.165) is 13.0 Å². The summed E-state index contributed by atoms with van der Waals surface area (Å²) in [5, 5.41) is 1.25. The molecule has 0 aliphatic carbocycles. The first kappa shape index (κ1) is 21.0. The number of carbonyl (C=O) groups excluding carboxylic acids is 1. The van der Waals surface area contributed by atoms with Crippen LogP contribution in [-0.4, -0.2) is 61.2 Å². The molecule has 4 rings (SSSR count). The molecule has 2 aromatic carbocycles. The third-order valence-corrected chi connectivity index (χ3v) is 5.59. The number of hydrogen-bond donors (Lipinski definition) is 1. The highest BCUT2D eigenvalue weighted by molar-refractivity contribution is 6.30. The normalized spacial score (nSPS) is 14.4. The lowest BCUT2D eigenvalue weighted by atomic mass is 10.2. The van der Waals surface area contributed by atoms with Crippen molar-refractivity contribution in [3.05, 3.63) is 47.0 Å². The van der Waals surface area contributed by atoms with Crippen LogP contribution in [0.2, 0.25) is 5.02 Å². The summed E-state index contributed by atoms with van der Waals surface area (Å²) < 4.78 is 10.7. The van der Waals surface area contributed by atoms with Crippen LogP contribution in [0.15, 0.2) is 36.4 Å². The molecule has 0 bridgehead atoms. The van der Waals surface area contributed by atoms with Crippen molar-refractivity contribution < 1.29 is 14.3 Å². The summed E-state index contributed by atoms with van der Waals surface area (Å²) in [5.74, 6) is 2.03. The summed E-state index contributed by atoms with van der Waals surface area (Å²) in [7, 11) is 3.15. The maximum Gasteiger partial charge on any atom is 0.253 e. The van der Waals surface area contributed by atoms with Gasteiger partial charge >= 0.3 is 0 Å². The fourth-order valence-electron chi connectivity index (χ4n) is 3.73. The number of amides is 1. The molecule has 1 fully saturated rings. The van der Waals surface area contributed by atoms with Gasteiger partial charge in [-0.15, -0.1) is 0 Å². The number of nitrogens with two attached hydrogens (primary N) is 1. The highest BCUT2D eigenvalue weighted by Gasteiger charge is 2.23. The van der Waals surface area contributed by atoms with Gasteiger partial charge in [-0.25, -0.2) is 4.98 Å². The minimum absolute atomic E-state index is 0.0277. The number of carbonyl (C=O) groups is 1. The standard InChI is InChI=1S/C22H24ClN5O3/c1-30-18-12-16-17(13-19(18)31-2)25-22(26-20(16)24)28-8-4-7-27(9-10-28)21(29)14-5-3-6-15(23)11-14/h3,5-6,11-13H,4,7-10H2,1-2H3,(H2,24,25,26). The summed E-state index contributed by atoms with van der Waals surface area (Å²) in [6.45, 7) is 2.52. The number of nitrogens with zero attached hydrogens (tertiary/aromatic N) is 4. The third-order valence-electron chi connectivity index (χ3n) is 5.36. The highest BCUT2D eigenvalue weighted by Crippen LogP contribution is 2.34. The molecule has 1 aromatic heterocycles. The molecule has 0 radical (unpaired) electrons. The number of methoxy groups -OCH3 is 2. The van der Waals surface area contributed by atoms with Crippen molar-refractivity contribution in [2.45, 2.75) is 6.42 Å². The average molecular weight is 442 g/mol. The molecule has 1 amide bonds. The smallest absolute Gasteiger partial charge is 0.253 e. The molecule has 1 saturated heterocycles. The quantitative estimate of drug-likeness (QED) is 0.664. The van der Waals surface area contributed by atoms with Crippen molar-refractivity contribution in [3.8, 4) is 11.5 Å². The van der Waals surface area contributed by atoms with Crippen LogP contribution in [0.25, 0.3) is 10.9 Å². The van der Waals surface area contributed by atoms with E-state index < -0.39 is 0 Å². The molecule has 1 aliphatic heterocycles. The number of nitrogen functional groups attached to an aromatic ring is 1. The second-order valence-corrected chi connectivity index (χ2v) is 7.71. The molecule has 3 aromatic rings. The van der Waals surface area contributed by atoms with Gasteiger partial charge in [0.25, 0.3) is 5.91 Å². The molecular weight excluding hydrogens is 418 g/mol. The Kier molecular flexibility index (Phi) is 5.99. The van der Waals surface area contributed by atoms with Crippen molar-refractivity contribution >= 4 is 40.2 Å². The predicted molar refractivity (Wildman–Crippen MR) is 121 cm³/mol. The fraction of sp³-hybridized carbons (Fsp3) is 0.318. The van der Waals surface area contributed by atoms with E-state index in [1.807, 2.05) is 4.90 Å². The molecule has 162 valence electrons. The van der Waals surface area contributed by atoms with Gasteiger partial charge in [-0.2, -0.15) is 4.98 Å². The number of aromatic nitrogens is 2. The molecule has 1 aliphatic rings. The molecule has 9 heteroatoms. The van der Waals surface area contributed by atoms with E-state index in [9.17, 15) is 4.79 Å². The fourth-order valence-corrected chi connectivity index (χ4v) is 3.92. The van der Waals surface area contributed by atoms with E-state index in [1.54, 1.807) is 50.6 Å². The molecule has 8 nitrogen and oxygen atoms in total. The minimum atomic E-state index is -0.0277. The van der Waals surface area contributed by atoms with Crippen LogP contribution in [0.5, 0.6) is 11.5 Å². The summed E-state index contributed by atoms with van der Waals surface area (Å²) in [6, 6.07) is 10.6. The molecule has 2 N–H and O–H groups in total. The number of halogens is 1.